The standard InChI is InChI=1S/C15H22F2N2O2/c1-14(10-5-6-10)12(20)18-15(7-3-2-4-8-15)13(21)19(14)9-11(16)17/h10-11H,2-9H2,1H3,(H,18,20). The third-order valence-electron chi connectivity index (χ3n) is 5.43. The van der Waals surface area contributed by atoms with Crippen LogP contribution >= 0.6 is 0 Å². The van der Waals surface area contributed by atoms with Gasteiger partial charge in [0, 0.05) is 0 Å². The van der Waals surface area contributed by atoms with Crippen molar-refractivity contribution in [1.29, 1.82) is 0 Å². The number of hydrogen-bond donors (Lipinski definition) is 1. The van der Waals surface area contributed by atoms with Gasteiger partial charge in [0.1, 0.15) is 11.1 Å². The van der Waals surface area contributed by atoms with Crippen LogP contribution in [0.3, 0.4) is 0 Å². The highest BCUT2D eigenvalue weighted by Crippen LogP contribution is 2.47. The minimum atomic E-state index is -2.61. The summed E-state index contributed by atoms with van der Waals surface area (Å²) in [5.41, 5.74) is -2.03. The number of hydrogen-bond acceptors (Lipinski definition) is 2. The van der Waals surface area contributed by atoms with E-state index in [1.807, 2.05) is 0 Å². The molecule has 1 spiro atoms. The fraction of sp³-hybridized carbons (Fsp3) is 0.867. The van der Waals surface area contributed by atoms with Crippen molar-refractivity contribution < 1.29 is 18.4 Å². The monoisotopic (exact) mass is 300 g/mol. The molecule has 1 N–H and O–H groups in total. The molecule has 6 heteroatoms. The van der Waals surface area contributed by atoms with Crippen LogP contribution < -0.4 is 5.32 Å². The molecule has 0 aromatic heterocycles. The van der Waals surface area contributed by atoms with E-state index in [0.29, 0.717) is 12.8 Å². The van der Waals surface area contributed by atoms with Gasteiger partial charge >= 0.3 is 0 Å². The molecule has 1 heterocycles. The first-order chi connectivity index (χ1) is 9.90. The van der Waals surface area contributed by atoms with Crippen LogP contribution in [0.25, 0.3) is 0 Å². The molecule has 4 nitrogen and oxygen atoms in total. The molecule has 1 unspecified atom stereocenters. The summed E-state index contributed by atoms with van der Waals surface area (Å²) in [7, 11) is 0. The van der Waals surface area contributed by atoms with E-state index >= 15 is 0 Å². The molecule has 0 bridgehead atoms. The second-order valence-electron chi connectivity index (χ2n) is 6.83. The minimum Gasteiger partial charge on any atom is -0.340 e. The zero-order valence-electron chi connectivity index (χ0n) is 12.3. The van der Waals surface area contributed by atoms with E-state index in [1.54, 1.807) is 6.92 Å². The van der Waals surface area contributed by atoms with Crippen molar-refractivity contribution in [3.8, 4) is 0 Å². The Bertz CT molecular complexity index is 459. The SMILES string of the molecule is CC1(C2CC2)C(=O)NC2(CCCCC2)C(=O)N1CC(F)F. The lowest BCUT2D eigenvalue weighted by Crippen LogP contribution is -2.76. The van der Waals surface area contributed by atoms with Crippen molar-refractivity contribution in [2.24, 2.45) is 5.92 Å². The van der Waals surface area contributed by atoms with Crippen molar-refractivity contribution in [2.45, 2.75) is 69.4 Å². The first-order valence-corrected chi connectivity index (χ1v) is 7.83. The predicted molar refractivity (Wildman–Crippen MR) is 72.8 cm³/mol. The zero-order valence-corrected chi connectivity index (χ0v) is 12.3. The van der Waals surface area contributed by atoms with Crippen LogP contribution in [0.4, 0.5) is 8.78 Å². The van der Waals surface area contributed by atoms with E-state index in [-0.39, 0.29) is 17.7 Å². The topological polar surface area (TPSA) is 49.4 Å². The van der Waals surface area contributed by atoms with E-state index in [2.05, 4.69) is 5.32 Å². The molecular weight excluding hydrogens is 278 g/mol. The van der Waals surface area contributed by atoms with Gasteiger partial charge in [-0.15, -0.1) is 0 Å². The maximum Gasteiger partial charge on any atom is 0.255 e. The van der Waals surface area contributed by atoms with Crippen molar-refractivity contribution in [1.82, 2.24) is 10.2 Å². The Labute approximate surface area is 123 Å². The number of halogens is 2. The Morgan fingerprint density at radius 1 is 1.24 bits per heavy atom. The lowest BCUT2D eigenvalue weighted by Gasteiger charge is -2.52. The van der Waals surface area contributed by atoms with Crippen LogP contribution in [-0.4, -0.2) is 40.8 Å². The van der Waals surface area contributed by atoms with E-state index in [4.69, 9.17) is 0 Å². The third-order valence-corrected chi connectivity index (χ3v) is 5.43. The molecular formula is C15H22F2N2O2. The highest BCUT2D eigenvalue weighted by Gasteiger charge is 2.61. The first kappa shape index (κ1) is 14.7. The molecule has 2 aliphatic carbocycles. The number of nitrogens with one attached hydrogen (secondary N) is 1. The smallest absolute Gasteiger partial charge is 0.255 e. The van der Waals surface area contributed by atoms with Crippen LogP contribution in [0, 0.1) is 5.92 Å². The van der Waals surface area contributed by atoms with Gasteiger partial charge in [0.05, 0.1) is 6.54 Å². The summed E-state index contributed by atoms with van der Waals surface area (Å²) in [5.74, 6) is -0.523. The first-order valence-electron chi connectivity index (χ1n) is 7.83. The van der Waals surface area contributed by atoms with Crippen LogP contribution in [-0.2, 0) is 9.59 Å². The van der Waals surface area contributed by atoms with Gasteiger partial charge in [0.15, 0.2) is 0 Å². The Morgan fingerprint density at radius 2 is 1.86 bits per heavy atom. The minimum absolute atomic E-state index is 0.0149. The molecule has 1 aliphatic heterocycles. The molecule has 3 rings (SSSR count). The van der Waals surface area contributed by atoms with Gasteiger partial charge in [-0.25, -0.2) is 8.78 Å². The van der Waals surface area contributed by atoms with E-state index < -0.39 is 24.0 Å². The normalized spacial score (nSPS) is 32.7. The number of rotatable bonds is 3. The number of piperazine rings is 1. The predicted octanol–water partition coefficient (Wildman–Crippen LogP) is 2.08. The molecule has 0 aromatic carbocycles. The maximum atomic E-state index is 13.0. The second kappa shape index (κ2) is 4.92. The molecule has 1 atom stereocenters. The summed E-state index contributed by atoms with van der Waals surface area (Å²) in [6.45, 7) is 1.01. The fourth-order valence-corrected chi connectivity index (χ4v) is 3.95. The molecule has 21 heavy (non-hydrogen) atoms. The summed E-state index contributed by atoms with van der Waals surface area (Å²) >= 11 is 0. The highest BCUT2D eigenvalue weighted by molar-refractivity contribution is 6.02. The third kappa shape index (κ3) is 2.23. The summed E-state index contributed by atoms with van der Waals surface area (Å²) in [6.07, 6.45) is 2.91. The second-order valence-corrected chi connectivity index (χ2v) is 6.83. The Morgan fingerprint density at radius 3 is 2.38 bits per heavy atom. The Kier molecular flexibility index (Phi) is 3.45. The largest absolute Gasteiger partial charge is 0.340 e. The molecule has 1 saturated heterocycles. The van der Waals surface area contributed by atoms with Crippen molar-refractivity contribution in [3.05, 3.63) is 0 Å². The maximum absolute atomic E-state index is 13.0. The van der Waals surface area contributed by atoms with E-state index in [9.17, 15) is 18.4 Å². The van der Waals surface area contributed by atoms with Gasteiger partial charge in [0.2, 0.25) is 11.8 Å². The molecule has 0 radical (unpaired) electrons. The molecule has 3 fully saturated rings. The lowest BCUT2D eigenvalue weighted by atomic mass is 9.75. The average Bonchev–Trinajstić information content (AvgIpc) is 3.27. The molecule has 3 aliphatic rings. The summed E-state index contributed by atoms with van der Waals surface area (Å²) in [6, 6.07) is 0. The van der Waals surface area contributed by atoms with Gasteiger partial charge in [-0.2, -0.15) is 0 Å². The summed E-state index contributed by atoms with van der Waals surface area (Å²) in [4.78, 5) is 26.8. The lowest BCUT2D eigenvalue weighted by molar-refractivity contribution is -0.168. The van der Waals surface area contributed by atoms with E-state index in [0.717, 1.165) is 32.1 Å². The van der Waals surface area contributed by atoms with Crippen LogP contribution in [0.1, 0.15) is 51.9 Å². The number of amides is 2. The fourth-order valence-electron chi connectivity index (χ4n) is 3.95. The molecule has 2 amide bonds. The van der Waals surface area contributed by atoms with Crippen molar-refractivity contribution >= 4 is 11.8 Å². The van der Waals surface area contributed by atoms with Crippen LogP contribution in [0.2, 0.25) is 0 Å². The zero-order chi connectivity index (χ0) is 15.3. The van der Waals surface area contributed by atoms with Gasteiger partial charge < -0.3 is 10.2 Å². The van der Waals surface area contributed by atoms with Gasteiger partial charge in [-0.05, 0) is 38.5 Å². The van der Waals surface area contributed by atoms with E-state index in [1.165, 1.54) is 4.90 Å². The molecule has 2 saturated carbocycles. The number of carbonyl (C=O) groups excluding carboxylic acids is 2. The average molecular weight is 300 g/mol. The highest BCUT2D eigenvalue weighted by atomic mass is 19.3. The Hall–Kier alpha value is -1.20. The van der Waals surface area contributed by atoms with Crippen molar-refractivity contribution in [2.75, 3.05) is 6.54 Å². The van der Waals surface area contributed by atoms with Gasteiger partial charge in [-0.3, -0.25) is 9.59 Å². The van der Waals surface area contributed by atoms with Gasteiger partial charge in [0.25, 0.3) is 6.43 Å². The van der Waals surface area contributed by atoms with Crippen molar-refractivity contribution in [3.63, 3.8) is 0 Å². The number of nitrogens with zero attached hydrogens (tertiary/aromatic N) is 1. The summed E-state index contributed by atoms with van der Waals surface area (Å²) < 4.78 is 26.0. The van der Waals surface area contributed by atoms with Crippen LogP contribution in [0.15, 0.2) is 0 Å². The number of alkyl halides is 2. The Balaban J connectivity index is 1.95. The number of carbonyl (C=O) groups is 2. The molecule has 0 aromatic rings. The quantitative estimate of drug-likeness (QED) is 0.867. The summed E-state index contributed by atoms with van der Waals surface area (Å²) in [5, 5.41) is 2.92. The van der Waals surface area contributed by atoms with Gasteiger partial charge in [-0.1, -0.05) is 19.3 Å². The van der Waals surface area contributed by atoms with Crippen LogP contribution in [0.5, 0.6) is 0 Å². The molecule has 118 valence electrons.